The number of ether oxygens (including phenoxy) is 1. The summed E-state index contributed by atoms with van der Waals surface area (Å²) in [7, 11) is 0. The number of unbranched alkanes of at least 4 members (excludes halogenated alkanes) is 2. The van der Waals surface area contributed by atoms with E-state index in [-0.39, 0.29) is 5.84 Å². The third-order valence-corrected chi connectivity index (χ3v) is 2.42. The Morgan fingerprint density at radius 1 is 1.29 bits per heavy atom. The summed E-state index contributed by atoms with van der Waals surface area (Å²) in [6, 6.07) is 6.74. The SMILES string of the molecule is CCCCCOC(=O)c1ccccc1C(=N)N. The smallest absolute Gasteiger partial charge is 0.338 e. The van der Waals surface area contributed by atoms with Gasteiger partial charge in [0.15, 0.2) is 0 Å². The molecular formula is C13H18N2O2. The van der Waals surface area contributed by atoms with Crippen molar-refractivity contribution in [2.45, 2.75) is 26.2 Å². The summed E-state index contributed by atoms with van der Waals surface area (Å²) in [5, 5.41) is 7.38. The van der Waals surface area contributed by atoms with E-state index in [0.717, 1.165) is 19.3 Å². The maximum atomic E-state index is 11.8. The molecule has 0 amide bonds. The van der Waals surface area contributed by atoms with Crippen LogP contribution in [0.3, 0.4) is 0 Å². The third kappa shape index (κ3) is 3.90. The first-order valence-corrected chi connectivity index (χ1v) is 5.77. The van der Waals surface area contributed by atoms with Gasteiger partial charge in [0.1, 0.15) is 5.84 Å². The van der Waals surface area contributed by atoms with Gasteiger partial charge in [0.2, 0.25) is 0 Å². The number of carbonyl (C=O) groups excluding carboxylic acids is 1. The molecule has 0 saturated heterocycles. The summed E-state index contributed by atoms with van der Waals surface area (Å²) in [5.74, 6) is -0.530. The summed E-state index contributed by atoms with van der Waals surface area (Å²) in [4.78, 5) is 11.8. The Bertz CT molecular complexity index is 402. The van der Waals surface area contributed by atoms with Crippen LogP contribution in [0.5, 0.6) is 0 Å². The van der Waals surface area contributed by atoms with Crippen molar-refractivity contribution >= 4 is 11.8 Å². The average Bonchev–Trinajstić information content (AvgIpc) is 2.34. The highest BCUT2D eigenvalue weighted by molar-refractivity contribution is 6.05. The molecule has 4 heteroatoms. The Morgan fingerprint density at radius 2 is 1.94 bits per heavy atom. The number of nitrogen functional groups attached to an aromatic ring is 1. The summed E-state index contributed by atoms with van der Waals surface area (Å²) >= 11 is 0. The van der Waals surface area contributed by atoms with E-state index in [4.69, 9.17) is 15.9 Å². The van der Waals surface area contributed by atoms with Crippen LogP contribution in [-0.2, 0) is 4.74 Å². The number of nitrogens with two attached hydrogens (primary N) is 1. The van der Waals surface area contributed by atoms with E-state index >= 15 is 0 Å². The minimum atomic E-state index is -0.410. The minimum Gasteiger partial charge on any atom is -0.462 e. The number of carbonyl (C=O) groups is 1. The first-order valence-electron chi connectivity index (χ1n) is 5.77. The highest BCUT2D eigenvalue weighted by Gasteiger charge is 2.13. The molecule has 0 aliphatic heterocycles. The molecule has 1 aromatic rings. The van der Waals surface area contributed by atoms with E-state index in [1.165, 1.54) is 0 Å². The number of esters is 1. The molecule has 0 spiro atoms. The van der Waals surface area contributed by atoms with Crippen molar-refractivity contribution in [1.82, 2.24) is 0 Å². The van der Waals surface area contributed by atoms with Gasteiger partial charge in [0.25, 0.3) is 0 Å². The quantitative estimate of drug-likeness (QED) is 0.343. The van der Waals surface area contributed by atoms with Gasteiger partial charge < -0.3 is 10.5 Å². The Morgan fingerprint density at radius 3 is 2.53 bits per heavy atom. The molecule has 0 unspecified atom stereocenters. The maximum Gasteiger partial charge on any atom is 0.338 e. The summed E-state index contributed by atoms with van der Waals surface area (Å²) in [6.07, 6.45) is 2.99. The molecule has 0 bridgehead atoms. The van der Waals surface area contributed by atoms with Crippen molar-refractivity contribution in [2.24, 2.45) is 5.73 Å². The molecule has 4 nitrogen and oxygen atoms in total. The molecule has 3 N–H and O–H groups in total. The summed E-state index contributed by atoms with van der Waals surface area (Å²) in [6.45, 7) is 2.51. The number of hydrogen-bond donors (Lipinski definition) is 2. The molecule has 0 atom stereocenters. The zero-order chi connectivity index (χ0) is 12.7. The lowest BCUT2D eigenvalue weighted by Gasteiger charge is -2.08. The number of benzene rings is 1. The lowest BCUT2D eigenvalue weighted by molar-refractivity contribution is 0.0498. The normalized spacial score (nSPS) is 9.94. The van der Waals surface area contributed by atoms with Crippen LogP contribution in [0, 0.1) is 5.41 Å². The first-order chi connectivity index (χ1) is 8.16. The standard InChI is InChI=1S/C13H18N2O2/c1-2-3-6-9-17-13(16)11-8-5-4-7-10(11)12(14)15/h4-5,7-8H,2-3,6,9H2,1H3,(H3,14,15). The van der Waals surface area contributed by atoms with E-state index in [1.54, 1.807) is 24.3 Å². The van der Waals surface area contributed by atoms with Crippen molar-refractivity contribution in [2.75, 3.05) is 6.61 Å². The largest absolute Gasteiger partial charge is 0.462 e. The molecule has 0 aliphatic carbocycles. The second-order valence-electron chi connectivity index (χ2n) is 3.80. The summed E-state index contributed by atoms with van der Waals surface area (Å²) in [5.41, 5.74) is 6.19. The van der Waals surface area contributed by atoms with Crippen molar-refractivity contribution < 1.29 is 9.53 Å². The van der Waals surface area contributed by atoms with Crippen LogP contribution in [0.4, 0.5) is 0 Å². The van der Waals surface area contributed by atoms with Gasteiger partial charge in [0.05, 0.1) is 12.2 Å². The van der Waals surface area contributed by atoms with Crippen molar-refractivity contribution in [3.05, 3.63) is 35.4 Å². The molecule has 17 heavy (non-hydrogen) atoms. The fraction of sp³-hybridized carbons (Fsp3) is 0.385. The fourth-order valence-corrected chi connectivity index (χ4v) is 1.49. The van der Waals surface area contributed by atoms with E-state index in [2.05, 4.69) is 6.92 Å². The number of nitrogens with one attached hydrogen (secondary N) is 1. The van der Waals surface area contributed by atoms with Crippen LogP contribution in [0.15, 0.2) is 24.3 Å². The Hall–Kier alpha value is -1.84. The molecular weight excluding hydrogens is 216 g/mol. The minimum absolute atomic E-state index is 0.119. The number of hydrogen-bond acceptors (Lipinski definition) is 3. The molecule has 92 valence electrons. The number of amidine groups is 1. The van der Waals surface area contributed by atoms with Gasteiger partial charge in [0, 0.05) is 5.56 Å². The molecule has 0 aliphatic rings. The van der Waals surface area contributed by atoms with Crippen LogP contribution in [0.25, 0.3) is 0 Å². The van der Waals surface area contributed by atoms with Gasteiger partial charge in [-0.25, -0.2) is 4.79 Å². The third-order valence-electron chi connectivity index (χ3n) is 2.42. The molecule has 0 heterocycles. The fourth-order valence-electron chi connectivity index (χ4n) is 1.49. The predicted molar refractivity (Wildman–Crippen MR) is 67.3 cm³/mol. The van der Waals surface area contributed by atoms with Crippen molar-refractivity contribution in [3.8, 4) is 0 Å². The van der Waals surface area contributed by atoms with E-state index in [0.29, 0.717) is 17.7 Å². The van der Waals surface area contributed by atoms with Crippen molar-refractivity contribution in [1.29, 1.82) is 5.41 Å². The van der Waals surface area contributed by atoms with Crippen LogP contribution in [0.2, 0.25) is 0 Å². The molecule has 0 aromatic heterocycles. The monoisotopic (exact) mass is 234 g/mol. The highest BCUT2D eigenvalue weighted by atomic mass is 16.5. The molecule has 0 radical (unpaired) electrons. The van der Waals surface area contributed by atoms with Gasteiger partial charge in [-0.15, -0.1) is 0 Å². The summed E-state index contributed by atoms with van der Waals surface area (Å²) < 4.78 is 5.13. The highest BCUT2D eigenvalue weighted by Crippen LogP contribution is 2.10. The van der Waals surface area contributed by atoms with Crippen molar-refractivity contribution in [3.63, 3.8) is 0 Å². The van der Waals surface area contributed by atoms with Crippen LogP contribution < -0.4 is 5.73 Å². The Kier molecular flexibility index (Phi) is 5.20. The Balaban J connectivity index is 2.65. The molecule has 1 rings (SSSR count). The molecule has 0 fully saturated rings. The predicted octanol–water partition coefficient (Wildman–Crippen LogP) is 2.32. The zero-order valence-electron chi connectivity index (χ0n) is 10.0. The van der Waals surface area contributed by atoms with Gasteiger partial charge in [-0.3, -0.25) is 5.41 Å². The lowest BCUT2D eigenvalue weighted by atomic mass is 10.1. The van der Waals surface area contributed by atoms with E-state index in [1.807, 2.05) is 0 Å². The maximum absolute atomic E-state index is 11.8. The molecule has 0 saturated carbocycles. The van der Waals surface area contributed by atoms with Gasteiger partial charge in [-0.1, -0.05) is 38.0 Å². The zero-order valence-corrected chi connectivity index (χ0v) is 10.0. The van der Waals surface area contributed by atoms with Crippen LogP contribution in [0.1, 0.15) is 42.1 Å². The lowest BCUT2D eigenvalue weighted by Crippen LogP contribution is -2.17. The second-order valence-corrected chi connectivity index (χ2v) is 3.80. The molecule has 1 aromatic carbocycles. The van der Waals surface area contributed by atoms with Crippen LogP contribution in [-0.4, -0.2) is 18.4 Å². The number of rotatable bonds is 6. The van der Waals surface area contributed by atoms with Crippen LogP contribution >= 0.6 is 0 Å². The van der Waals surface area contributed by atoms with E-state index in [9.17, 15) is 4.79 Å². The van der Waals surface area contributed by atoms with E-state index < -0.39 is 5.97 Å². The topological polar surface area (TPSA) is 76.2 Å². The Labute approximate surface area is 101 Å². The first kappa shape index (κ1) is 13.2. The second kappa shape index (κ2) is 6.68. The van der Waals surface area contributed by atoms with Gasteiger partial charge in [-0.05, 0) is 12.5 Å². The van der Waals surface area contributed by atoms with Gasteiger partial charge in [-0.2, -0.15) is 0 Å². The van der Waals surface area contributed by atoms with Gasteiger partial charge >= 0.3 is 5.97 Å². The average molecular weight is 234 g/mol.